The molecule has 2 heterocycles. The minimum atomic E-state index is -1.38. The van der Waals surface area contributed by atoms with Gasteiger partial charge in [0.25, 0.3) is 5.91 Å². The molecule has 5 rings (SSSR count). The molecule has 35 heavy (non-hydrogen) atoms. The molecule has 176 valence electrons. The molecule has 3 amide bonds. The predicted octanol–water partition coefficient (Wildman–Crippen LogP) is 2.77. The van der Waals surface area contributed by atoms with Crippen molar-refractivity contribution in [3.63, 3.8) is 0 Å². The van der Waals surface area contributed by atoms with Gasteiger partial charge in [-0.05, 0) is 34.4 Å². The molecule has 1 saturated heterocycles. The van der Waals surface area contributed by atoms with Crippen LogP contribution in [-0.2, 0) is 14.3 Å². The number of pyridine rings is 1. The summed E-state index contributed by atoms with van der Waals surface area (Å²) in [6, 6.07) is 17.4. The van der Waals surface area contributed by atoms with Crippen molar-refractivity contribution in [2.45, 2.75) is 18.4 Å². The van der Waals surface area contributed by atoms with Gasteiger partial charge >= 0.3 is 12.1 Å². The highest BCUT2D eigenvalue weighted by molar-refractivity contribution is 6.04. The lowest BCUT2D eigenvalue weighted by atomic mass is 9.98. The Morgan fingerprint density at radius 1 is 1.03 bits per heavy atom. The van der Waals surface area contributed by atoms with Crippen molar-refractivity contribution in [2.75, 3.05) is 11.9 Å². The highest BCUT2D eigenvalue weighted by Crippen LogP contribution is 2.44. The Morgan fingerprint density at radius 2 is 1.69 bits per heavy atom. The number of rotatable bonds is 5. The number of carbonyl (C=O) groups is 4. The van der Waals surface area contributed by atoms with Crippen LogP contribution >= 0.6 is 0 Å². The summed E-state index contributed by atoms with van der Waals surface area (Å²) in [6.07, 6.45) is 0.154. The SMILES string of the molecule is O=C1CC(C(=O)O)N(C(=O)c2ncccc2NC(=O)OCC2c3ccccc3-c3ccccc32)N1. The monoisotopic (exact) mass is 472 g/mol. The van der Waals surface area contributed by atoms with Gasteiger partial charge in [0, 0.05) is 12.1 Å². The van der Waals surface area contributed by atoms with Gasteiger partial charge in [-0.3, -0.25) is 20.3 Å². The maximum Gasteiger partial charge on any atom is 0.411 e. The van der Waals surface area contributed by atoms with E-state index in [-0.39, 0.29) is 30.3 Å². The number of carboxylic acid groups (broad SMARTS) is 1. The second-order valence-electron chi connectivity index (χ2n) is 8.12. The van der Waals surface area contributed by atoms with E-state index >= 15 is 0 Å². The first-order valence-corrected chi connectivity index (χ1v) is 10.9. The Kier molecular flexibility index (Phi) is 5.61. The average molecular weight is 472 g/mol. The van der Waals surface area contributed by atoms with Crippen molar-refractivity contribution in [1.82, 2.24) is 15.4 Å². The number of fused-ring (bicyclic) bond motifs is 3. The van der Waals surface area contributed by atoms with Gasteiger partial charge in [0.2, 0.25) is 5.91 Å². The lowest BCUT2D eigenvalue weighted by molar-refractivity contribution is -0.142. The Balaban J connectivity index is 1.31. The number of carboxylic acids is 1. The molecule has 1 atom stereocenters. The van der Waals surface area contributed by atoms with Crippen LogP contribution in [0.3, 0.4) is 0 Å². The molecule has 1 aliphatic carbocycles. The number of hydrazine groups is 1. The van der Waals surface area contributed by atoms with Crippen LogP contribution < -0.4 is 10.7 Å². The minimum Gasteiger partial charge on any atom is -0.480 e. The topological polar surface area (TPSA) is 138 Å². The summed E-state index contributed by atoms with van der Waals surface area (Å²) in [5.41, 5.74) is 6.33. The summed E-state index contributed by atoms with van der Waals surface area (Å²) in [6.45, 7) is 0.0761. The highest BCUT2D eigenvalue weighted by Gasteiger charge is 2.40. The minimum absolute atomic E-state index is 0.0278. The lowest BCUT2D eigenvalue weighted by Gasteiger charge is -2.21. The van der Waals surface area contributed by atoms with Gasteiger partial charge in [-0.25, -0.2) is 19.6 Å². The van der Waals surface area contributed by atoms with E-state index in [1.807, 2.05) is 48.5 Å². The molecule has 2 aromatic carbocycles. The zero-order valence-electron chi connectivity index (χ0n) is 18.3. The number of nitrogens with one attached hydrogen (secondary N) is 2. The van der Waals surface area contributed by atoms with E-state index in [0.717, 1.165) is 22.3 Å². The molecule has 10 heteroatoms. The van der Waals surface area contributed by atoms with Crippen molar-refractivity contribution >= 4 is 29.6 Å². The van der Waals surface area contributed by atoms with Crippen LogP contribution in [0.25, 0.3) is 11.1 Å². The van der Waals surface area contributed by atoms with Crippen molar-refractivity contribution < 1.29 is 29.0 Å². The van der Waals surface area contributed by atoms with Gasteiger partial charge in [0.05, 0.1) is 12.1 Å². The first kappa shape index (κ1) is 22.1. The first-order valence-electron chi connectivity index (χ1n) is 10.9. The van der Waals surface area contributed by atoms with Crippen LogP contribution in [0.1, 0.15) is 34.0 Å². The summed E-state index contributed by atoms with van der Waals surface area (Å²) in [4.78, 5) is 52.7. The summed E-state index contributed by atoms with van der Waals surface area (Å²) >= 11 is 0. The molecule has 3 aromatic rings. The molecule has 1 aromatic heterocycles. The van der Waals surface area contributed by atoms with E-state index in [2.05, 4.69) is 15.7 Å². The Morgan fingerprint density at radius 3 is 2.34 bits per heavy atom. The third kappa shape index (κ3) is 4.05. The number of benzene rings is 2. The molecular weight excluding hydrogens is 452 g/mol. The van der Waals surface area contributed by atoms with Gasteiger partial charge in [0.15, 0.2) is 11.7 Å². The standard InChI is InChI=1S/C25H20N4O6/c30-21-12-20(24(32)33)29(28-21)23(31)22-19(10-5-11-26-22)27-25(34)35-13-18-16-8-3-1-6-14(16)15-7-2-4-9-17(15)18/h1-11,18,20H,12-13H2,(H,27,34)(H,28,30)(H,32,33). The lowest BCUT2D eigenvalue weighted by Crippen LogP contribution is -2.47. The largest absolute Gasteiger partial charge is 0.480 e. The van der Waals surface area contributed by atoms with Gasteiger partial charge in [-0.15, -0.1) is 0 Å². The molecule has 0 radical (unpaired) electrons. The predicted molar refractivity (Wildman–Crippen MR) is 123 cm³/mol. The third-order valence-corrected chi connectivity index (χ3v) is 6.03. The number of aliphatic carboxylic acids is 1. The number of hydrogen-bond acceptors (Lipinski definition) is 6. The van der Waals surface area contributed by atoms with Crippen LogP contribution in [0.4, 0.5) is 10.5 Å². The molecule has 1 unspecified atom stereocenters. The van der Waals surface area contributed by atoms with Crippen LogP contribution in [0, 0.1) is 0 Å². The van der Waals surface area contributed by atoms with Gasteiger partial charge < -0.3 is 9.84 Å². The Hall–Kier alpha value is -4.73. The molecule has 10 nitrogen and oxygen atoms in total. The highest BCUT2D eigenvalue weighted by atomic mass is 16.5. The number of ether oxygens (including phenoxy) is 1. The van der Waals surface area contributed by atoms with E-state index < -0.39 is 29.9 Å². The van der Waals surface area contributed by atoms with Crippen molar-refractivity contribution in [2.24, 2.45) is 0 Å². The molecule has 0 bridgehead atoms. The number of anilines is 1. The molecule has 2 aliphatic rings. The Labute approximate surface area is 199 Å². The summed E-state index contributed by atoms with van der Waals surface area (Å²) in [5, 5.41) is 12.5. The maximum atomic E-state index is 12.9. The number of carbonyl (C=O) groups excluding carboxylic acids is 3. The fourth-order valence-electron chi connectivity index (χ4n) is 4.45. The van der Waals surface area contributed by atoms with E-state index in [1.165, 1.54) is 18.3 Å². The van der Waals surface area contributed by atoms with Crippen LogP contribution in [0.2, 0.25) is 0 Å². The number of nitrogens with zero attached hydrogens (tertiary/aromatic N) is 2. The average Bonchev–Trinajstić information content (AvgIpc) is 3.41. The van der Waals surface area contributed by atoms with E-state index in [4.69, 9.17) is 4.74 Å². The molecular formula is C25H20N4O6. The zero-order valence-corrected chi connectivity index (χ0v) is 18.3. The van der Waals surface area contributed by atoms with Gasteiger partial charge in [0.1, 0.15) is 6.61 Å². The zero-order chi connectivity index (χ0) is 24.5. The summed E-state index contributed by atoms with van der Waals surface area (Å²) < 4.78 is 5.51. The van der Waals surface area contributed by atoms with Crippen LogP contribution in [-0.4, -0.2) is 51.6 Å². The quantitative estimate of drug-likeness (QED) is 0.519. The fourth-order valence-corrected chi connectivity index (χ4v) is 4.45. The maximum absolute atomic E-state index is 12.9. The van der Waals surface area contributed by atoms with Crippen molar-refractivity contribution in [3.05, 3.63) is 83.7 Å². The molecule has 0 spiro atoms. The van der Waals surface area contributed by atoms with Crippen molar-refractivity contribution in [3.8, 4) is 11.1 Å². The first-order chi connectivity index (χ1) is 16.9. The van der Waals surface area contributed by atoms with E-state index in [0.29, 0.717) is 5.01 Å². The number of amides is 3. The fraction of sp³-hybridized carbons (Fsp3) is 0.160. The van der Waals surface area contributed by atoms with Gasteiger partial charge in [-0.1, -0.05) is 48.5 Å². The summed E-state index contributed by atoms with van der Waals surface area (Å²) in [7, 11) is 0. The van der Waals surface area contributed by atoms with Gasteiger partial charge in [-0.2, -0.15) is 0 Å². The van der Waals surface area contributed by atoms with Crippen LogP contribution in [0.15, 0.2) is 66.9 Å². The number of aromatic nitrogens is 1. The Bertz CT molecular complexity index is 1310. The number of hydrogen-bond donors (Lipinski definition) is 3. The molecule has 1 fully saturated rings. The van der Waals surface area contributed by atoms with E-state index in [1.54, 1.807) is 0 Å². The molecule has 3 N–H and O–H groups in total. The second kappa shape index (κ2) is 8.90. The normalized spacial score (nSPS) is 16.3. The van der Waals surface area contributed by atoms with Crippen LogP contribution in [0.5, 0.6) is 0 Å². The van der Waals surface area contributed by atoms with Crippen molar-refractivity contribution in [1.29, 1.82) is 0 Å². The smallest absolute Gasteiger partial charge is 0.411 e. The third-order valence-electron chi connectivity index (χ3n) is 6.03. The second-order valence-corrected chi connectivity index (χ2v) is 8.12. The molecule has 1 aliphatic heterocycles. The van der Waals surface area contributed by atoms with E-state index in [9.17, 15) is 24.3 Å². The molecule has 0 saturated carbocycles. The summed E-state index contributed by atoms with van der Waals surface area (Å²) in [5.74, 6) is -2.94.